The Morgan fingerprint density at radius 3 is 2.05 bits per heavy atom. The molecule has 0 bridgehead atoms. The van der Waals surface area contributed by atoms with E-state index in [4.69, 9.17) is 9.90 Å². The van der Waals surface area contributed by atoms with Crippen molar-refractivity contribution in [3.8, 4) is 0 Å². The fraction of sp³-hybridized carbons (Fsp3) is 0.882. The van der Waals surface area contributed by atoms with E-state index in [1.165, 1.54) is 51.4 Å². The number of rotatable bonds is 9. The molecule has 0 aromatic heterocycles. The maximum absolute atomic E-state index is 11.4. The number of carboxylic acid groups (broad SMARTS) is 1. The highest BCUT2D eigenvalue weighted by Crippen LogP contribution is 2.15. The van der Waals surface area contributed by atoms with Gasteiger partial charge < -0.3 is 5.11 Å². The Kier molecular flexibility index (Phi) is 12.3. The summed E-state index contributed by atoms with van der Waals surface area (Å²) in [6.45, 7) is 7.52. The largest absolute Gasteiger partial charge is 0.481 e. The van der Waals surface area contributed by atoms with Crippen molar-refractivity contribution in [2.75, 3.05) is 13.1 Å². The van der Waals surface area contributed by atoms with Crippen LogP contribution in [0.3, 0.4) is 0 Å². The van der Waals surface area contributed by atoms with Crippen molar-refractivity contribution in [3.63, 3.8) is 0 Å². The second-order valence-electron chi connectivity index (χ2n) is 5.92. The maximum atomic E-state index is 11.4. The molecule has 124 valence electrons. The molecule has 1 rings (SSSR count). The fourth-order valence-corrected chi connectivity index (χ4v) is 2.61. The van der Waals surface area contributed by atoms with Crippen LogP contribution in [0.2, 0.25) is 0 Å². The summed E-state index contributed by atoms with van der Waals surface area (Å²) in [6.07, 6.45) is 11.7. The van der Waals surface area contributed by atoms with E-state index < -0.39 is 5.97 Å². The Morgan fingerprint density at radius 1 is 1.14 bits per heavy atom. The van der Waals surface area contributed by atoms with E-state index in [1.807, 2.05) is 0 Å². The van der Waals surface area contributed by atoms with Gasteiger partial charge in [-0.3, -0.25) is 14.5 Å². The van der Waals surface area contributed by atoms with Crippen molar-refractivity contribution in [1.29, 1.82) is 0 Å². The average molecular weight is 299 g/mol. The van der Waals surface area contributed by atoms with Gasteiger partial charge >= 0.3 is 0 Å². The van der Waals surface area contributed by atoms with Gasteiger partial charge in [0.1, 0.15) is 0 Å². The van der Waals surface area contributed by atoms with Crippen LogP contribution in [-0.2, 0) is 9.59 Å². The highest BCUT2D eigenvalue weighted by molar-refractivity contribution is 5.85. The molecule has 0 aliphatic carbocycles. The van der Waals surface area contributed by atoms with Gasteiger partial charge in [0.15, 0.2) is 5.78 Å². The Morgan fingerprint density at radius 2 is 1.62 bits per heavy atom. The molecule has 4 heteroatoms. The quantitative estimate of drug-likeness (QED) is 0.656. The zero-order valence-corrected chi connectivity index (χ0v) is 14.1. The first-order valence-electron chi connectivity index (χ1n) is 8.45. The number of likely N-dealkylation sites (tertiary alicyclic amines) is 1. The van der Waals surface area contributed by atoms with Crippen molar-refractivity contribution < 1.29 is 14.7 Å². The summed E-state index contributed by atoms with van der Waals surface area (Å²) in [7, 11) is 0. The lowest BCUT2D eigenvalue weighted by atomic mass is 10.1. The van der Waals surface area contributed by atoms with Crippen molar-refractivity contribution in [3.05, 3.63) is 0 Å². The number of carbonyl (C=O) groups is 2. The molecule has 1 aliphatic rings. The molecule has 1 N–H and O–H groups in total. The summed E-state index contributed by atoms with van der Waals surface area (Å²) < 4.78 is 0. The maximum Gasteiger partial charge on any atom is 0.300 e. The van der Waals surface area contributed by atoms with Crippen LogP contribution < -0.4 is 0 Å². The van der Waals surface area contributed by atoms with Gasteiger partial charge in [-0.2, -0.15) is 0 Å². The summed E-state index contributed by atoms with van der Waals surface area (Å²) in [5, 5.41) is 7.42. The van der Waals surface area contributed by atoms with Crippen LogP contribution in [0.1, 0.15) is 78.6 Å². The Labute approximate surface area is 129 Å². The summed E-state index contributed by atoms with van der Waals surface area (Å²) in [5.74, 6) is -0.399. The van der Waals surface area contributed by atoms with Crippen LogP contribution in [0.25, 0.3) is 0 Å². The van der Waals surface area contributed by atoms with E-state index in [0.29, 0.717) is 5.78 Å². The fourth-order valence-electron chi connectivity index (χ4n) is 2.61. The highest BCUT2D eigenvalue weighted by atomic mass is 16.4. The van der Waals surface area contributed by atoms with E-state index in [2.05, 4.69) is 18.7 Å². The zero-order chi connectivity index (χ0) is 16.1. The van der Waals surface area contributed by atoms with Crippen molar-refractivity contribution >= 4 is 11.8 Å². The molecular weight excluding hydrogens is 266 g/mol. The molecule has 0 radical (unpaired) electrons. The molecular formula is C17H33NO3. The second-order valence-corrected chi connectivity index (χ2v) is 5.92. The minimum Gasteiger partial charge on any atom is -0.481 e. The monoisotopic (exact) mass is 299 g/mol. The van der Waals surface area contributed by atoms with E-state index >= 15 is 0 Å². The summed E-state index contributed by atoms with van der Waals surface area (Å²) in [5.41, 5.74) is 0. The third-order valence-electron chi connectivity index (χ3n) is 3.96. The van der Waals surface area contributed by atoms with Crippen molar-refractivity contribution in [2.24, 2.45) is 0 Å². The number of nitrogens with zero attached hydrogens (tertiary/aromatic N) is 1. The molecule has 1 saturated heterocycles. The highest BCUT2D eigenvalue weighted by Gasteiger charge is 2.27. The first kappa shape index (κ1) is 20.1. The van der Waals surface area contributed by atoms with E-state index in [9.17, 15) is 4.79 Å². The van der Waals surface area contributed by atoms with Gasteiger partial charge in [0, 0.05) is 19.9 Å². The standard InChI is InChI=1S/C15H29NO.C2H4O2/c1-3-4-5-6-7-8-9-10-12-16-13-11-15(17)14(16)2;1-2(3)4/h14H,3-13H2,1-2H3;1H3,(H,3,4). The molecule has 1 unspecified atom stereocenters. The van der Waals surface area contributed by atoms with Gasteiger partial charge in [0.25, 0.3) is 5.97 Å². The van der Waals surface area contributed by atoms with Crippen LogP contribution in [0.4, 0.5) is 0 Å². The minimum absolute atomic E-state index is 0.194. The Balaban J connectivity index is 0.000000885. The molecule has 0 saturated carbocycles. The summed E-state index contributed by atoms with van der Waals surface area (Å²) >= 11 is 0. The molecule has 1 atom stereocenters. The van der Waals surface area contributed by atoms with Gasteiger partial charge in [-0.15, -0.1) is 0 Å². The van der Waals surface area contributed by atoms with Gasteiger partial charge in [-0.1, -0.05) is 51.9 Å². The number of hydrogen-bond acceptors (Lipinski definition) is 3. The number of ketones is 1. The van der Waals surface area contributed by atoms with Gasteiger partial charge in [-0.25, -0.2) is 0 Å². The normalized spacial score (nSPS) is 18.4. The van der Waals surface area contributed by atoms with Gasteiger partial charge in [0.2, 0.25) is 0 Å². The zero-order valence-electron chi connectivity index (χ0n) is 14.1. The third kappa shape index (κ3) is 11.4. The average Bonchev–Trinajstić information content (AvgIpc) is 2.73. The summed E-state index contributed by atoms with van der Waals surface area (Å²) in [4.78, 5) is 22.7. The Bertz CT molecular complexity index is 288. The van der Waals surface area contributed by atoms with Crippen LogP contribution in [0, 0.1) is 0 Å². The topological polar surface area (TPSA) is 57.6 Å². The lowest BCUT2D eigenvalue weighted by Crippen LogP contribution is -2.30. The minimum atomic E-state index is -0.833. The first-order chi connectivity index (χ1) is 9.99. The number of unbranched alkanes of at least 4 members (excludes halogenated alkanes) is 7. The van der Waals surface area contributed by atoms with Crippen molar-refractivity contribution in [1.82, 2.24) is 4.90 Å². The van der Waals surface area contributed by atoms with Crippen molar-refractivity contribution in [2.45, 2.75) is 84.6 Å². The molecule has 0 spiro atoms. The van der Waals surface area contributed by atoms with Crippen LogP contribution in [0.15, 0.2) is 0 Å². The number of hydrogen-bond donors (Lipinski definition) is 1. The number of Topliss-reactive ketones (excluding diaryl/α,β-unsaturated/α-hetero) is 1. The smallest absolute Gasteiger partial charge is 0.300 e. The van der Waals surface area contributed by atoms with E-state index in [-0.39, 0.29) is 6.04 Å². The second kappa shape index (κ2) is 12.8. The summed E-state index contributed by atoms with van der Waals surface area (Å²) in [6, 6.07) is 0.194. The molecule has 1 fully saturated rings. The van der Waals surface area contributed by atoms with Crippen LogP contribution >= 0.6 is 0 Å². The SMILES string of the molecule is CC(=O)O.CCCCCCCCCCN1CCC(=O)C1C. The first-order valence-corrected chi connectivity index (χ1v) is 8.45. The van der Waals surface area contributed by atoms with Crippen LogP contribution in [0.5, 0.6) is 0 Å². The molecule has 0 amide bonds. The third-order valence-corrected chi connectivity index (χ3v) is 3.96. The number of carboxylic acids is 1. The van der Waals surface area contributed by atoms with Crippen LogP contribution in [-0.4, -0.2) is 40.9 Å². The molecule has 1 heterocycles. The predicted octanol–water partition coefficient (Wildman–Crippen LogP) is 3.88. The predicted molar refractivity (Wildman–Crippen MR) is 86.6 cm³/mol. The van der Waals surface area contributed by atoms with E-state index in [0.717, 1.165) is 26.4 Å². The molecule has 0 aromatic carbocycles. The molecule has 21 heavy (non-hydrogen) atoms. The Hall–Kier alpha value is -0.900. The van der Waals surface area contributed by atoms with E-state index in [1.54, 1.807) is 0 Å². The lowest BCUT2D eigenvalue weighted by Gasteiger charge is -2.19. The van der Waals surface area contributed by atoms with Gasteiger partial charge in [0.05, 0.1) is 6.04 Å². The molecule has 0 aromatic rings. The number of carbonyl (C=O) groups excluding carboxylic acids is 1. The van der Waals surface area contributed by atoms with Gasteiger partial charge in [-0.05, 0) is 19.9 Å². The molecule has 4 nitrogen and oxygen atoms in total. The molecule has 1 aliphatic heterocycles. The lowest BCUT2D eigenvalue weighted by molar-refractivity contribution is -0.134. The number of aliphatic carboxylic acids is 1.